The zero-order chi connectivity index (χ0) is 17.4. The first-order chi connectivity index (χ1) is 11.6. The van der Waals surface area contributed by atoms with Crippen LogP contribution in [0.25, 0.3) is 0 Å². The highest BCUT2D eigenvalue weighted by Gasteiger charge is 2.10. The molecule has 2 aromatic rings. The molecule has 0 aliphatic rings. The van der Waals surface area contributed by atoms with E-state index in [1.165, 1.54) is 6.92 Å². The SMILES string of the molecule is CCCOc1ccc(OCC(=O)Nc2ccccc2C(C)=O)cc1. The smallest absolute Gasteiger partial charge is 0.262 e. The monoisotopic (exact) mass is 327 g/mol. The van der Waals surface area contributed by atoms with Crippen molar-refractivity contribution < 1.29 is 19.1 Å². The van der Waals surface area contributed by atoms with Crippen molar-refractivity contribution >= 4 is 17.4 Å². The van der Waals surface area contributed by atoms with Gasteiger partial charge >= 0.3 is 0 Å². The second-order valence-electron chi connectivity index (χ2n) is 5.26. The number of nitrogens with one attached hydrogen (secondary N) is 1. The average Bonchev–Trinajstić information content (AvgIpc) is 2.59. The Morgan fingerprint density at radius 2 is 1.58 bits per heavy atom. The Bertz CT molecular complexity index is 695. The number of hydrogen-bond acceptors (Lipinski definition) is 4. The van der Waals surface area contributed by atoms with Gasteiger partial charge in [-0.3, -0.25) is 9.59 Å². The van der Waals surface area contributed by atoms with E-state index in [0.717, 1.165) is 12.2 Å². The maximum atomic E-state index is 12.0. The van der Waals surface area contributed by atoms with Gasteiger partial charge in [0.1, 0.15) is 11.5 Å². The van der Waals surface area contributed by atoms with Gasteiger partial charge < -0.3 is 14.8 Å². The summed E-state index contributed by atoms with van der Waals surface area (Å²) in [6.07, 6.45) is 0.945. The molecule has 0 aliphatic heterocycles. The van der Waals surface area contributed by atoms with Crippen LogP contribution in [-0.4, -0.2) is 24.9 Å². The van der Waals surface area contributed by atoms with Gasteiger partial charge in [0.2, 0.25) is 0 Å². The lowest BCUT2D eigenvalue weighted by Crippen LogP contribution is -2.21. The molecule has 0 fully saturated rings. The van der Waals surface area contributed by atoms with Crippen LogP contribution < -0.4 is 14.8 Å². The quantitative estimate of drug-likeness (QED) is 0.751. The molecular formula is C19H21NO4. The van der Waals surface area contributed by atoms with Gasteiger partial charge in [-0.25, -0.2) is 0 Å². The van der Waals surface area contributed by atoms with Crippen LogP contribution in [0.2, 0.25) is 0 Å². The zero-order valence-corrected chi connectivity index (χ0v) is 13.9. The number of carbonyl (C=O) groups is 2. The molecule has 0 radical (unpaired) electrons. The number of anilines is 1. The van der Waals surface area contributed by atoms with E-state index in [1.54, 1.807) is 48.5 Å². The van der Waals surface area contributed by atoms with Crippen LogP contribution in [0, 0.1) is 0 Å². The highest BCUT2D eigenvalue weighted by molar-refractivity contribution is 6.03. The zero-order valence-electron chi connectivity index (χ0n) is 13.9. The molecule has 5 nitrogen and oxygen atoms in total. The Balaban J connectivity index is 1.88. The number of Topliss-reactive ketones (excluding diaryl/α,β-unsaturated/α-hetero) is 1. The van der Waals surface area contributed by atoms with Crippen LogP contribution in [0.5, 0.6) is 11.5 Å². The molecule has 2 aromatic carbocycles. The number of carbonyl (C=O) groups excluding carboxylic acids is 2. The van der Waals surface area contributed by atoms with Crippen LogP contribution in [0.3, 0.4) is 0 Å². The molecule has 24 heavy (non-hydrogen) atoms. The fourth-order valence-electron chi connectivity index (χ4n) is 2.09. The molecule has 0 bridgehead atoms. The Labute approximate surface area is 141 Å². The van der Waals surface area contributed by atoms with Gasteiger partial charge in [-0.15, -0.1) is 0 Å². The van der Waals surface area contributed by atoms with Crippen molar-refractivity contribution in [2.75, 3.05) is 18.5 Å². The second-order valence-corrected chi connectivity index (χ2v) is 5.26. The summed E-state index contributed by atoms with van der Waals surface area (Å²) in [6, 6.07) is 14.0. The first-order valence-corrected chi connectivity index (χ1v) is 7.85. The van der Waals surface area contributed by atoms with E-state index in [0.29, 0.717) is 23.6 Å². The molecule has 0 heterocycles. The van der Waals surface area contributed by atoms with Gasteiger partial charge in [-0.1, -0.05) is 19.1 Å². The van der Waals surface area contributed by atoms with Gasteiger partial charge in [0.15, 0.2) is 12.4 Å². The summed E-state index contributed by atoms with van der Waals surface area (Å²) in [5.41, 5.74) is 0.963. The van der Waals surface area contributed by atoms with Crippen LogP contribution in [-0.2, 0) is 4.79 Å². The molecule has 0 atom stereocenters. The number of ether oxygens (including phenoxy) is 2. The van der Waals surface area contributed by atoms with Crippen LogP contribution >= 0.6 is 0 Å². The topological polar surface area (TPSA) is 64.6 Å². The van der Waals surface area contributed by atoms with Crippen molar-refractivity contribution in [2.45, 2.75) is 20.3 Å². The summed E-state index contributed by atoms with van der Waals surface area (Å²) < 4.78 is 10.9. The lowest BCUT2D eigenvalue weighted by Gasteiger charge is -2.10. The van der Waals surface area contributed by atoms with E-state index in [2.05, 4.69) is 5.32 Å². The van der Waals surface area contributed by atoms with E-state index in [1.807, 2.05) is 6.92 Å². The summed E-state index contributed by atoms with van der Waals surface area (Å²) in [6.45, 7) is 4.03. The maximum Gasteiger partial charge on any atom is 0.262 e. The van der Waals surface area contributed by atoms with Crippen molar-refractivity contribution in [3.05, 3.63) is 54.1 Å². The molecule has 2 rings (SSSR count). The summed E-state index contributed by atoms with van der Waals surface area (Å²) in [7, 11) is 0. The predicted octanol–water partition coefficient (Wildman–Crippen LogP) is 3.70. The third-order valence-corrected chi connectivity index (χ3v) is 3.25. The van der Waals surface area contributed by atoms with E-state index in [9.17, 15) is 9.59 Å². The fourth-order valence-corrected chi connectivity index (χ4v) is 2.09. The van der Waals surface area contributed by atoms with E-state index in [-0.39, 0.29) is 18.3 Å². The predicted molar refractivity (Wildman–Crippen MR) is 92.8 cm³/mol. The minimum atomic E-state index is -0.324. The molecule has 1 amide bonds. The number of hydrogen-bond donors (Lipinski definition) is 1. The number of ketones is 1. The first-order valence-electron chi connectivity index (χ1n) is 7.85. The maximum absolute atomic E-state index is 12.0. The summed E-state index contributed by atoms with van der Waals surface area (Å²) in [5, 5.41) is 2.69. The number of amides is 1. The van der Waals surface area contributed by atoms with E-state index >= 15 is 0 Å². The van der Waals surface area contributed by atoms with E-state index < -0.39 is 0 Å². The summed E-state index contributed by atoms with van der Waals surface area (Å²) >= 11 is 0. The molecule has 0 saturated heterocycles. The minimum Gasteiger partial charge on any atom is -0.494 e. The number of rotatable bonds is 8. The average molecular weight is 327 g/mol. The van der Waals surface area contributed by atoms with Crippen molar-refractivity contribution in [1.29, 1.82) is 0 Å². The Morgan fingerprint density at radius 1 is 0.958 bits per heavy atom. The third-order valence-electron chi connectivity index (χ3n) is 3.25. The van der Waals surface area contributed by atoms with Gasteiger partial charge in [0.25, 0.3) is 5.91 Å². The standard InChI is InChI=1S/C19H21NO4/c1-3-12-23-15-8-10-16(11-9-15)24-13-19(22)20-18-7-5-4-6-17(18)14(2)21/h4-11H,3,12-13H2,1-2H3,(H,20,22). The normalized spacial score (nSPS) is 10.1. The van der Waals surface area contributed by atoms with Crippen molar-refractivity contribution in [3.63, 3.8) is 0 Å². The highest BCUT2D eigenvalue weighted by atomic mass is 16.5. The molecule has 0 saturated carbocycles. The molecule has 126 valence electrons. The summed E-state index contributed by atoms with van der Waals surface area (Å²) in [5.74, 6) is 0.919. The largest absolute Gasteiger partial charge is 0.494 e. The van der Waals surface area contributed by atoms with Crippen LogP contribution in [0.1, 0.15) is 30.6 Å². The van der Waals surface area contributed by atoms with Gasteiger partial charge in [-0.05, 0) is 49.7 Å². The highest BCUT2D eigenvalue weighted by Crippen LogP contribution is 2.18. The van der Waals surface area contributed by atoms with Gasteiger partial charge in [-0.2, -0.15) is 0 Å². The number of benzene rings is 2. The number of para-hydroxylation sites is 1. The van der Waals surface area contributed by atoms with Gasteiger partial charge in [0, 0.05) is 5.56 Å². The lowest BCUT2D eigenvalue weighted by atomic mass is 10.1. The summed E-state index contributed by atoms with van der Waals surface area (Å²) in [4.78, 5) is 23.5. The Hall–Kier alpha value is -2.82. The molecule has 5 heteroatoms. The Morgan fingerprint density at radius 3 is 2.21 bits per heavy atom. The third kappa shape index (κ3) is 5.12. The minimum absolute atomic E-state index is 0.102. The molecule has 1 N–H and O–H groups in total. The molecule has 0 aliphatic carbocycles. The van der Waals surface area contributed by atoms with Gasteiger partial charge in [0.05, 0.1) is 12.3 Å². The molecule has 0 unspecified atom stereocenters. The Kier molecular flexibility index (Phi) is 6.37. The molecular weight excluding hydrogens is 306 g/mol. The van der Waals surface area contributed by atoms with Crippen LogP contribution in [0.4, 0.5) is 5.69 Å². The second kappa shape index (κ2) is 8.72. The van der Waals surface area contributed by atoms with Crippen molar-refractivity contribution in [3.8, 4) is 11.5 Å². The lowest BCUT2D eigenvalue weighted by molar-refractivity contribution is -0.118. The van der Waals surface area contributed by atoms with E-state index in [4.69, 9.17) is 9.47 Å². The first kappa shape index (κ1) is 17.5. The van der Waals surface area contributed by atoms with Crippen LogP contribution in [0.15, 0.2) is 48.5 Å². The molecule has 0 aromatic heterocycles. The van der Waals surface area contributed by atoms with Crippen molar-refractivity contribution in [1.82, 2.24) is 0 Å². The van der Waals surface area contributed by atoms with Crippen molar-refractivity contribution in [2.24, 2.45) is 0 Å². The fraction of sp³-hybridized carbons (Fsp3) is 0.263. The molecule has 0 spiro atoms.